The van der Waals surface area contributed by atoms with Crippen LogP contribution >= 0.6 is 0 Å². The summed E-state index contributed by atoms with van der Waals surface area (Å²) in [7, 11) is 0. The Morgan fingerprint density at radius 2 is 1.83 bits per heavy atom. The van der Waals surface area contributed by atoms with Crippen LogP contribution in [0.5, 0.6) is 0 Å². The quantitative estimate of drug-likeness (QED) is 0.515. The molecule has 0 fully saturated rings. The maximum atomic E-state index is 10.5. The molecule has 0 heterocycles. The van der Waals surface area contributed by atoms with Gasteiger partial charge in [-0.3, -0.25) is 0 Å². The second kappa shape index (κ2) is 10.5. The highest BCUT2D eigenvalue weighted by Gasteiger charge is 2.19. The van der Waals surface area contributed by atoms with E-state index in [0.29, 0.717) is 0 Å². The fourth-order valence-corrected chi connectivity index (χ4v) is 2.99. The molecule has 3 heteroatoms. The molecule has 0 bridgehead atoms. The van der Waals surface area contributed by atoms with E-state index in [1.807, 2.05) is 19.9 Å². The lowest BCUT2D eigenvalue weighted by molar-refractivity contribution is 0.162. The number of hydrogen-bond acceptors (Lipinski definition) is 3. The Kier molecular flexibility index (Phi) is 8.97. The molecule has 0 amide bonds. The summed E-state index contributed by atoms with van der Waals surface area (Å²) in [5, 5.41) is 29.3. The summed E-state index contributed by atoms with van der Waals surface area (Å²) in [4.78, 5) is 0. The molecule has 1 aliphatic carbocycles. The fourth-order valence-electron chi connectivity index (χ4n) is 2.99. The summed E-state index contributed by atoms with van der Waals surface area (Å²) >= 11 is 0. The Hall–Kier alpha value is -1.32. The first-order valence-electron chi connectivity index (χ1n) is 8.58. The number of aliphatic hydroxyl groups is 3. The monoisotopic (exact) mass is 320 g/mol. The van der Waals surface area contributed by atoms with E-state index < -0.39 is 6.10 Å². The summed E-state index contributed by atoms with van der Waals surface area (Å²) in [6.07, 6.45) is 12.1. The minimum atomic E-state index is -0.574. The zero-order valence-corrected chi connectivity index (χ0v) is 14.8. The van der Waals surface area contributed by atoms with Crippen LogP contribution in [0.25, 0.3) is 0 Å². The molecular weight excluding hydrogens is 288 g/mol. The van der Waals surface area contributed by atoms with E-state index in [1.54, 1.807) is 0 Å². The molecule has 0 saturated heterocycles. The molecular formula is C20H32O3. The summed E-state index contributed by atoms with van der Waals surface area (Å²) in [6, 6.07) is 0. The van der Waals surface area contributed by atoms with Crippen molar-refractivity contribution in [1.82, 2.24) is 0 Å². The standard InChI is InChI=1S/C20H32O3/c1-15-6-4-8-18(14-22)9-5-7-16(2)12-20(23)19(11-10-15)17(3)13-21/h6,9,12-13,19-23H,4-5,7-8,10-11,14H2,1-3H3/b15-6+,16-12-,17-13+,18-9+/t19-,20+/m0/s1. The Bertz CT molecular complexity index is 483. The summed E-state index contributed by atoms with van der Waals surface area (Å²) < 4.78 is 0. The summed E-state index contributed by atoms with van der Waals surface area (Å²) in [5.74, 6) is -0.0511. The first-order valence-corrected chi connectivity index (χ1v) is 8.58. The third kappa shape index (κ3) is 7.19. The van der Waals surface area contributed by atoms with E-state index in [9.17, 15) is 15.3 Å². The minimum Gasteiger partial charge on any atom is -0.516 e. The molecule has 0 aromatic rings. The second-order valence-corrected chi connectivity index (χ2v) is 6.67. The van der Waals surface area contributed by atoms with Gasteiger partial charge in [-0.2, -0.15) is 0 Å². The molecule has 3 N–H and O–H groups in total. The summed E-state index contributed by atoms with van der Waals surface area (Å²) in [6.45, 7) is 6.13. The smallest absolute Gasteiger partial charge is 0.0789 e. The van der Waals surface area contributed by atoms with Crippen LogP contribution in [0, 0.1) is 5.92 Å². The lowest BCUT2D eigenvalue weighted by atomic mass is 9.87. The van der Waals surface area contributed by atoms with Gasteiger partial charge in [0, 0.05) is 5.92 Å². The van der Waals surface area contributed by atoms with Gasteiger partial charge in [0.1, 0.15) is 0 Å². The van der Waals surface area contributed by atoms with Gasteiger partial charge in [-0.15, -0.1) is 0 Å². The van der Waals surface area contributed by atoms with Gasteiger partial charge in [0.05, 0.1) is 19.0 Å². The predicted octanol–water partition coefficient (Wildman–Crippen LogP) is 4.59. The van der Waals surface area contributed by atoms with Crippen LogP contribution in [-0.2, 0) is 0 Å². The molecule has 1 aliphatic rings. The normalized spacial score (nSPS) is 32.7. The predicted molar refractivity (Wildman–Crippen MR) is 96.3 cm³/mol. The molecule has 2 atom stereocenters. The van der Waals surface area contributed by atoms with Gasteiger partial charge >= 0.3 is 0 Å². The SMILES string of the molecule is C/C1=C/[C@@H](O)[C@H](/C(C)=C/O)CC/C(C)=C/CC/C(CO)=C\CC1. The van der Waals surface area contributed by atoms with Crippen molar-refractivity contribution < 1.29 is 15.3 Å². The number of rotatable bonds is 2. The number of allylic oxidation sites excluding steroid dienone is 4. The third-order valence-corrected chi connectivity index (χ3v) is 4.64. The molecule has 1 rings (SSSR count). The summed E-state index contributed by atoms with van der Waals surface area (Å²) in [5.41, 5.74) is 4.36. The Balaban J connectivity index is 2.98. The minimum absolute atomic E-state index is 0.0511. The van der Waals surface area contributed by atoms with E-state index >= 15 is 0 Å². The molecule has 0 unspecified atom stereocenters. The van der Waals surface area contributed by atoms with E-state index in [1.165, 1.54) is 5.57 Å². The number of aliphatic hydroxyl groups excluding tert-OH is 3. The molecule has 0 aromatic carbocycles. The first kappa shape index (κ1) is 19.7. The van der Waals surface area contributed by atoms with Gasteiger partial charge < -0.3 is 15.3 Å². The van der Waals surface area contributed by atoms with Crippen LogP contribution in [0.4, 0.5) is 0 Å². The van der Waals surface area contributed by atoms with Gasteiger partial charge in [0.2, 0.25) is 0 Å². The van der Waals surface area contributed by atoms with Crippen LogP contribution in [-0.4, -0.2) is 28.0 Å². The molecule has 0 spiro atoms. The second-order valence-electron chi connectivity index (χ2n) is 6.67. The molecule has 0 aliphatic heterocycles. The van der Waals surface area contributed by atoms with Crippen molar-refractivity contribution in [1.29, 1.82) is 0 Å². The van der Waals surface area contributed by atoms with E-state index in [2.05, 4.69) is 19.1 Å². The largest absolute Gasteiger partial charge is 0.516 e. The zero-order chi connectivity index (χ0) is 17.2. The Morgan fingerprint density at radius 1 is 1.13 bits per heavy atom. The highest BCUT2D eigenvalue weighted by atomic mass is 16.3. The van der Waals surface area contributed by atoms with E-state index in [-0.39, 0.29) is 12.5 Å². The van der Waals surface area contributed by atoms with Gasteiger partial charge in [-0.1, -0.05) is 29.4 Å². The van der Waals surface area contributed by atoms with Crippen molar-refractivity contribution in [2.24, 2.45) is 5.92 Å². The molecule has 0 radical (unpaired) electrons. The third-order valence-electron chi connectivity index (χ3n) is 4.64. The highest BCUT2D eigenvalue weighted by Crippen LogP contribution is 2.26. The Labute approximate surface area is 140 Å². The van der Waals surface area contributed by atoms with Crippen molar-refractivity contribution >= 4 is 0 Å². The molecule has 130 valence electrons. The topological polar surface area (TPSA) is 60.7 Å². The molecule has 0 aromatic heterocycles. The van der Waals surface area contributed by atoms with Crippen LogP contribution in [0.3, 0.4) is 0 Å². The van der Waals surface area contributed by atoms with Gasteiger partial charge in [-0.05, 0) is 70.4 Å². The van der Waals surface area contributed by atoms with Gasteiger partial charge in [0.25, 0.3) is 0 Å². The van der Waals surface area contributed by atoms with Crippen molar-refractivity contribution in [3.05, 3.63) is 46.8 Å². The number of hydrogen-bond donors (Lipinski definition) is 3. The molecule has 0 saturated carbocycles. The molecule has 23 heavy (non-hydrogen) atoms. The van der Waals surface area contributed by atoms with E-state index in [4.69, 9.17) is 0 Å². The van der Waals surface area contributed by atoms with E-state index in [0.717, 1.165) is 61.5 Å². The van der Waals surface area contributed by atoms with Crippen molar-refractivity contribution in [2.45, 2.75) is 65.4 Å². The van der Waals surface area contributed by atoms with Crippen LogP contribution in [0.1, 0.15) is 59.3 Å². The zero-order valence-electron chi connectivity index (χ0n) is 14.8. The highest BCUT2D eigenvalue weighted by molar-refractivity contribution is 5.14. The van der Waals surface area contributed by atoms with Crippen molar-refractivity contribution in [3.63, 3.8) is 0 Å². The van der Waals surface area contributed by atoms with Crippen LogP contribution in [0.2, 0.25) is 0 Å². The maximum Gasteiger partial charge on any atom is 0.0789 e. The van der Waals surface area contributed by atoms with Gasteiger partial charge in [0.15, 0.2) is 0 Å². The van der Waals surface area contributed by atoms with Crippen molar-refractivity contribution in [2.75, 3.05) is 6.61 Å². The van der Waals surface area contributed by atoms with Crippen LogP contribution < -0.4 is 0 Å². The average molecular weight is 320 g/mol. The maximum absolute atomic E-state index is 10.5. The molecule has 3 nitrogen and oxygen atoms in total. The van der Waals surface area contributed by atoms with Gasteiger partial charge in [-0.25, -0.2) is 0 Å². The lowest BCUT2D eigenvalue weighted by Gasteiger charge is -2.22. The van der Waals surface area contributed by atoms with Crippen LogP contribution in [0.15, 0.2) is 46.8 Å². The van der Waals surface area contributed by atoms with Crippen molar-refractivity contribution in [3.8, 4) is 0 Å². The fraction of sp³-hybridized carbons (Fsp3) is 0.600. The first-order chi connectivity index (χ1) is 11.0. The Morgan fingerprint density at radius 3 is 2.48 bits per heavy atom. The average Bonchev–Trinajstić information content (AvgIpc) is 2.52. The lowest BCUT2D eigenvalue weighted by Crippen LogP contribution is -2.20.